The molecule has 2 aromatic rings. The Hall–Kier alpha value is -1.57. The van der Waals surface area contributed by atoms with E-state index >= 15 is 0 Å². The highest BCUT2D eigenvalue weighted by Gasteiger charge is 2.19. The maximum atomic E-state index is 12.3. The quantitative estimate of drug-likeness (QED) is 0.819. The van der Waals surface area contributed by atoms with Crippen molar-refractivity contribution in [3.8, 4) is 0 Å². The minimum absolute atomic E-state index is 0.0630. The third kappa shape index (κ3) is 3.75. The van der Waals surface area contributed by atoms with E-state index in [-0.39, 0.29) is 10.9 Å². The minimum Gasteiger partial charge on any atom is -0.398 e. The number of halogens is 1. The zero-order valence-corrected chi connectivity index (χ0v) is 13.3. The summed E-state index contributed by atoms with van der Waals surface area (Å²) in [6, 6.07) is 2.51. The van der Waals surface area contributed by atoms with Gasteiger partial charge in [-0.15, -0.1) is 0 Å². The largest absolute Gasteiger partial charge is 0.398 e. The molecule has 8 heteroatoms. The summed E-state index contributed by atoms with van der Waals surface area (Å²) in [5.41, 5.74) is 6.79. The summed E-state index contributed by atoms with van der Waals surface area (Å²) in [4.78, 5) is 3.98. The van der Waals surface area contributed by atoms with Crippen LogP contribution in [0, 0.1) is 6.92 Å². The first-order valence-electron chi connectivity index (χ1n) is 6.33. The van der Waals surface area contributed by atoms with Gasteiger partial charge in [-0.2, -0.15) is 0 Å². The molecule has 0 fully saturated rings. The fraction of sp³-hybridized carbons (Fsp3) is 0.308. The summed E-state index contributed by atoms with van der Waals surface area (Å²) in [6.45, 7) is 3.99. The summed E-state index contributed by atoms with van der Waals surface area (Å²) in [5, 5.41) is 0.331. The van der Waals surface area contributed by atoms with Gasteiger partial charge in [0.05, 0.1) is 11.2 Å². The number of anilines is 1. The fourth-order valence-electron chi connectivity index (χ4n) is 1.91. The van der Waals surface area contributed by atoms with Crippen LogP contribution in [0.15, 0.2) is 35.7 Å². The van der Waals surface area contributed by atoms with Crippen LogP contribution in [-0.4, -0.2) is 24.0 Å². The highest BCUT2D eigenvalue weighted by molar-refractivity contribution is 7.89. The molecule has 21 heavy (non-hydrogen) atoms. The van der Waals surface area contributed by atoms with Gasteiger partial charge in [-0.25, -0.2) is 18.1 Å². The van der Waals surface area contributed by atoms with Gasteiger partial charge in [0.2, 0.25) is 10.0 Å². The highest BCUT2D eigenvalue weighted by atomic mass is 35.5. The Balaban J connectivity index is 2.18. The molecule has 0 spiro atoms. The van der Waals surface area contributed by atoms with Gasteiger partial charge in [0.1, 0.15) is 0 Å². The summed E-state index contributed by atoms with van der Waals surface area (Å²) < 4.78 is 29.1. The van der Waals surface area contributed by atoms with Crippen LogP contribution in [0.5, 0.6) is 0 Å². The molecule has 0 radical (unpaired) electrons. The highest BCUT2D eigenvalue weighted by Crippen LogP contribution is 2.25. The lowest BCUT2D eigenvalue weighted by Gasteiger charge is -2.15. The summed E-state index contributed by atoms with van der Waals surface area (Å²) in [7, 11) is -3.67. The van der Waals surface area contributed by atoms with E-state index in [0.29, 0.717) is 22.8 Å². The van der Waals surface area contributed by atoms with Gasteiger partial charge in [0, 0.05) is 35.7 Å². The van der Waals surface area contributed by atoms with Crippen molar-refractivity contribution in [2.75, 3.05) is 5.73 Å². The van der Waals surface area contributed by atoms with Crippen LogP contribution in [0.1, 0.15) is 12.5 Å². The number of nitrogen functional groups attached to an aromatic ring is 1. The van der Waals surface area contributed by atoms with Crippen LogP contribution in [0.25, 0.3) is 0 Å². The van der Waals surface area contributed by atoms with Gasteiger partial charge in [-0.1, -0.05) is 11.6 Å². The first-order valence-corrected chi connectivity index (χ1v) is 8.19. The van der Waals surface area contributed by atoms with Crippen molar-refractivity contribution < 1.29 is 8.42 Å². The molecule has 1 aromatic heterocycles. The van der Waals surface area contributed by atoms with Gasteiger partial charge in [0.25, 0.3) is 0 Å². The van der Waals surface area contributed by atoms with Crippen LogP contribution in [0.2, 0.25) is 5.02 Å². The lowest BCUT2D eigenvalue weighted by atomic mass is 10.2. The predicted octanol–water partition coefficient (Wildman–Crippen LogP) is 1.79. The van der Waals surface area contributed by atoms with Gasteiger partial charge < -0.3 is 10.3 Å². The Morgan fingerprint density at radius 3 is 2.76 bits per heavy atom. The number of hydrogen-bond donors (Lipinski definition) is 2. The number of nitrogens with one attached hydrogen (secondary N) is 1. The number of rotatable bonds is 5. The SMILES string of the molecule is Cc1c(N)cc(S(=O)(=O)NC(C)Cn2ccnc2)cc1Cl. The van der Waals surface area contributed by atoms with Crippen molar-refractivity contribution in [1.82, 2.24) is 14.3 Å². The molecule has 0 aliphatic carbocycles. The van der Waals surface area contributed by atoms with E-state index in [1.165, 1.54) is 12.1 Å². The van der Waals surface area contributed by atoms with E-state index in [0.717, 1.165) is 0 Å². The molecule has 0 saturated heterocycles. The molecule has 6 nitrogen and oxygen atoms in total. The van der Waals surface area contributed by atoms with Crippen LogP contribution in [0.4, 0.5) is 5.69 Å². The first kappa shape index (κ1) is 15.8. The van der Waals surface area contributed by atoms with Crippen molar-refractivity contribution in [2.45, 2.75) is 31.3 Å². The number of hydrogen-bond acceptors (Lipinski definition) is 4. The maximum absolute atomic E-state index is 12.3. The smallest absolute Gasteiger partial charge is 0.240 e. The van der Waals surface area contributed by atoms with Crippen molar-refractivity contribution >= 4 is 27.3 Å². The topological polar surface area (TPSA) is 90.0 Å². The molecule has 0 bridgehead atoms. The van der Waals surface area contributed by atoms with Gasteiger partial charge in [0.15, 0.2) is 0 Å². The zero-order valence-electron chi connectivity index (χ0n) is 11.7. The Bertz CT molecular complexity index is 706. The lowest BCUT2D eigenvalue weighted by Crippen LogP contribution is -2.35. The van der Waals surface area contributed by atoms with Gasteiger partial charge in [-0.3, -0.25) is 0 Å². The Kier molecular flexibility index (Phi) is 4.55. The summed E-state index contributed by atoms with van der Waals surface area (Å²) >= 11 is 5.99. The van der Waals surface area contributed by atoms with Crippen LogP contribution in [0.3, 0.4) is 0 Å². The Labute approximate surface area is 129 Å². The van der Waals surface area contributed by atoms with Gasteiger partial charge >= 0.3 is 0 Å². The fourth-order valence-corrected chi connectivity index (χ4v) is 3.50. The normalized spacial score (nSPS) is 13.3. The molecule has 2 rings (SSSR count). The lowest BCUT2D eigenvalue weighted by molar-refractivity contribution is 0.520. The number of imidazole rings is 1. The average Bonchev–Trinajstić information content (AvgIpc) is 2.87. The molecule has 0 amide bonds. The molecule has 1 aromatic carbocycles. The van der Waals surface area contributed by atoms with Crippen LogP contribution < -0.4 is 10.5 Å². The molecule has 1 heterocycles. The van der Waals surface area contributed by atoms with Crippen LogP contribution >= 0.6 is 11.6 Å². The molecular formula is C13H17ClN4O2S. The molecule has 0 saturated carbocycles. The van der Waals surface area contributed by atoms with Crippen molar-refractivity contribution in [2.24, 2.45) is 0 Å². The molecule has 3 N–H and O–H groups in total. The second kappa shape index (κ2) is 6.05. The Morgan fingerprint density at radius 2 is 2.19 bits per heavy atom. The number of nitrogens with two attached hydrogens (primary N) is 1. The van der Waals surface area contributed by atoms with Crippen molar-refractivity contribution in [3.63, 3.8) is 0 Å². The minimum atomic E-state index is -3.67. The van der Waals surface area contributed by atoms with E-state index < -0.39 is 10.0 Å². The third-order valence-corrected chi connectivity index (χ3v) is 5.03. The third-order valence-electron chi connectivity index (χ3n) is 3.07. The average molecular weight is 329 g/mol. The molecule has 0 aliphatic rings. The maximum Gasteiger partial charge on any atom is 0.240 e. The summed E-state index contributed by atoms with van der Waals surface area (Å²) in [5.74, 6) is 0. The predicted molar refractivity (Wildman–Crippen MR) is 82.6 cm³/mol. The van der Waals surface area contributed by atoms with Crippen molar-refractivity contribution in [1.29, 1.82) is 0 Å². The van der Waals surface area contributed by atoms with E-state index in [9.17, 15) is 8.42 Å². The second-order valence-corrected chi connectivity index (χ2v) is 7.02. The Morgan fingerprint density at radius 1 is 1.48 bits per heavy atom. The monoisotopic (exact) mass is 328 g/mol. The number of aromatic nitrogens is 2. The molecule has 114 valence electrons. The second-order valence-electron chi connectivity index (χ2n) is 4.90. The first-order chi connectivity index (χ1) is 9.79. The van der Waals surface area contributed by atoms with Crippen molar-refractivity contribution in [3.05, 3.63) is 41.4 Å². The number of sulfonamides is 1. The van der Waals surface area contributed by atoms with Gasteiger partial charge in [-0.05, 0) is 31.5 Å². The standard InChI is InChI=1S/C13H17ClN4O2S/c1-9(7-18-4-3-16-8-18)17-21(19,20)11-5-12(14)10(2)13(15)6-11/h3-6,8-9,17H,7,15H2,1-2H3. The zero-order chi connectivity index (χ0) is 15.6. The van der Waals surface area contributed by atoms with Crippen LogP contribution in [-0.2, 0) is 16.6 Å². The number of benzene rings is 1. The molecule has 1 unspecified atom stereocenters. The molecule has 0 aliphatic heterocycles. The summed E-state index contributed by atoms with van der Waals surface area (Å²) in [6.07, 6.45) is 5.04. The van der Waals surface area contributed by atoms with E-state index in [1.807, 2.05) is 0 Å². The molecule has 1 atom stereocenters. The van der Waals surface area contributed by atoms with E-state index in [1.54, 1.807) is 37.1 Å². The number of nitrogens with zero attached hydrogens (tertiary/aromatic N) is 2. The van der Waals surface area contributed by atoms with E-state index in [2.05, 4.69) is 9.71 Å². The molecular weight excluding hydrogens is 312 g/mol. The van der Waals surface area contributed by atoms with E-state index in [4.69, 9.17) is 17.3 Å².